The van der Waals surface area contributed by atoms with Crippen LogP contribution in [0.5, 0.6) is 0 Å². The summed E-state index contributed by atoms with van der Waals surface area (Å²) in [6, 6.07) is 16.3. The molecular formula is C28H29F2N3O6S2. The van der Waals surface area contributed by atoms with E-state index in [0.29, 0.717) is 11.1 Å². The van der Waals surface area contributed by atoms with Crippen LogP contribution in [0.25, 0.3) is 11.1 Å². The molecule has 0 radical (unpaired) electrons. The Kier molecular flexibility index (Phi) is 11.0. The van der Waals surface area contributed by atoms with Crippen LogP contribution in [0.4, 0.5) is 8.78 Å². The molecule has 0 unspecified atom stereocenters. The Morgan fingerprint density at radius 2 is 1.54 bits per heavy atom. The number of amides is 3. The van der Waals surface area contributed by atoms with E-state index in [9.17, 15) is 32.3 Å². The van der Waals surface area contributed by atoms with Gasteiger partial charge in [0.25, 0.3) is 21.8 Å². The highest BCUT2D eigenvalue weighted by molar-refractivity contribution is 7.90. The first kappa shape index (κ1) is 31.7. The lowest BCUT2D eigenvalue weighted by Gasteiger charge is -2.17. The standard InChI is InChI=1S/C28H29F2N3O6S2/c1-17(34)26(35)33-41(38,39)25-21(18-7-3-2-4-8-18)11-12-22(24(25)30)28(37)32-14-13-31-27(36)20(16-40)15-19-9-5-6-10-23(19)29/h2-12,17,20,34,40H,13-16H2,1H3,(H,31,36)(H,32,37)(H,33,35)/t17-,20+/m0/s1. The monoisotopic (exact) mass is 605 g/mol. The van der Waals surface area contributed by atoms with Gasteiger partial charge in [-0.15, -0.1) is 0 Å². The smallest absolute Gasteiger partial charge is 0.267 e. The largest absolute Gasteiger partial charge is 0.384 e. The van der Waals surface area contributed by atoms with Crippen molar-refractivity contribution in [2.45, 2.75) is 24.3 Å². The Labute approximate surface area is 241 Å². The van der Waals surface area contributed by atoms with Crippen molar-refractivity contribution >= 4 is 40.4 Å². The van der Waals surface area contributed by atoms with Crippen LogP contribution in [0, 0.1) is 17.6 Å². The molecule has 3 aromatic carbocycles. The molecule has 0 aromatic heterocycles. The van der Waals surface area contributed by atoms with Gasteiger partial charge in [-0.3, -0.25) is 14.4 Å². The van der Waals surface area contributed by atoms with Crippen molar-refractivity contribution in [3.8, 4) is 11.1 Å². The molecule has 3 amide bonds. The van der Waals surface area contributed by atoms with E-state index in [0.717, 1.165) is 13.0 Å². The molecular weight excluding hydrogens is 576 g/mol. The van der Waals surface area contributed by atoms with Crippen LogP contribution in [0.15, 0.2) is 71.6 Å². The Morgan fingerprint density at radius 1 is 0.902 bits per heavy atom. The van der Waals surface area contributed by atoms with Gasteiger partial charge in [-0.25, -0.2) is 21.9 Å². The van der Waals surface area contributed by atoms with Gasteiger partial charge in [-0.1, -0.05) is 54.6 Å². The Balaban J connectivity index is 1.74. The third-order valence-electron chi connectivity index (χ3n) is 6.03. The van der Waals surface area contributed by atoms with E-state index in [1.54, 1.807) is 41.1 Å². The SMILES string of the molecule is C[C@H](O)C(=O)NS(=O)(=O)c1c(-c2ccccc2)ccc(C(=O)NCCNC(=O)[C@@H](CS)Cc2ccccc2F)c1F. The number of halogens is 2. The van der Waals surface area contributed by atoms with E-state index in [1.807, 2.05) is 0 Å². The van der Waals surface area contributed by atoms with E-state index in [-0.39, 0.29) is 30.8 Å². The van der Waals surface area contributed by atoms with Crippen molar-refractivity contribution in [3.63, 3.8) is 0 Å². The number of benzene rings is 3. The number of thiol groups is 1. The molecule has 0 spiro atoms. The molecule has 218 valence electrons. The van der Waals surface area contributed by atoms with E-state index < -0.39 is 61.9 Å². The zero-order valence-electron chi connectivity index (χ0n) is 21.9. The summed E-state index contributed by atoms with van der Waals surface area (Å²) in [5.74, 6) is -4.99. The molecule has 3 rings (SSSR count). The highest BCUT2D eigenvalue weighted by atomic mass is 32.2. The summed E-state index contributed by atoms with van der Waals surface area (Å²) < 4.78 is 57.3. The predicted octanol–water partition coefficient (Wildman–Crippen LogP) is 2.45. The highest BCUT2D eigenvalue weighted by Gasteiger charge is 2.30. The quantitative estimate of drug-likeness (QED) is 0.159. The summed E-state index contributed by atoms with van der Waals surface area (Å²) in [5, 5.41) is 14.5. The van der Waals surface area contributed by atoms with E-state index >= 15 is 4.39 Å². The summed E-state index contributed by atoms with van der Waals surface area (Å²) in [7, 11) is -4.85. The molecule has 0 aliphatic rings. The van der Waals surface area contributed by atoms with Gasteiger partial charge in [0.2, 0.25) is 5.91 Å². The number of carbonyl (C=O) groups excluding carboxylic acids is 3. The average Bonchev–Trinajstić information content (AvgIpc) is 2.94. The Morgan fingerprint density at radius 3 is 2.17 bits per heavy atom. The zero-order chi connectivity index (χ0) is 30.2. The predicted molar refractivity (Wildman–Crippen MR) is 152 cm³/mol. The normalized spacial score (nSPS) is 12.7. The number of carbonyl (C=O) groups is 3. The van der Waals surface area contributed by atoms with Gasteiger partial charge in [-0.2, -0.15) is 12.6 Å². The number of sulfonamides is 1. The minimum atomic E-state index is -4.85. The third kappa shape index (κ3) is 8.12. The number of aliphatic hydroxyl groups is 1. The summed E-state index contributed by atoms with van der Waals surface area (Å²) in [6.07, 6.45) is -1.57. The molecule has 2 atom stereocenters. The lowest BCUT2D eigenvalue weighted by molar-refractivity contribution is -0.126. The topological polar surface area (TPSA) is 142 Å². The molecule has 0 fully saturated rings. The molecule has 13 heteroatoms. The van der Waals surface area contributed by atoms with Crippen molar-refractivity contribution in [2.75, 3.05) is 18.8 Å². The number of nitrogens with one attached hydrogen (secondary N) is 3. The molecule has 0 saturated carbocycles. The third-order valence-corrected chi connectivity index (χ3v) is 7.88. The number of hydrogen-bond acceptors (Lipinski definition) is 7. The van der Waals surface area contributed by atoms with Crippen LogP contribution in [0.1, 0.15) is 22.8 Å². The van der Waals surface area contributed by atoms with Gasteiger partial charge in [0.1, 0.15) is 16.8 Å². The first-order chi connectivity index (χ1) is 19.5. The molecule has 0 heterocycles. The van der Waals surface area contributed by atoms with Gasteiger partial charge in [-0.05, 0) is 36.6 Å². The fourth-order valence-corrected chi connectivity index (χ4v) is 5.53. The summed E-state index contributed by atoms with van der Waals surface area (Å²) in [6.45, 7) is 0.857. The number of aliphatic hydroxyl groups excluding tert-OH is 1. The second-order valence-corrected chi connectivity index (χ2v) is 11.0. The molecule has 0 aliphatic carbocycles. The van der Waals surface area contributed by atoms with Gasteiger partial charge in [0.05, 0.1) is 11.5 Å². The first-order valence-corrected chi connectivity index (χ1v) is 14.6. The Hall–Kier alpha value is -3.81. The Bertz CT molecular complexity index is 1520. The van der Waals surface area contributed by atoms with Crippen LogP contribution in [0.3, 0.4) is 0 Å². The van der Waals surface area contributed by atoms with Gasteiger partial charge >= 0.3 is 0 Å². The van der Waals surface area contributed by atoms with Crippen LogP contribution < -0.4 is 15.4 Å². The van der Waals surface area contributed by atoms with E-state index in [4.69, 9.17) is 0 Å². The summed E-state index contributed by atoms with van der Waals surface area (Å²) in [4.78, 5) is 36.3. The minimum Gasteiger partial charge on any atom is -0.384 e. The van der Waals surface area contributed by atoms with E-state index in [2.05, 4.69) is 23.3 Å². The average molecular weight is 606 g/mol. The number of rotatable bonds is 12. The molecule has 0 aliphatic heterocycles. The molecule has 41 heavy (non-hydrogen) atoms. The second-order valence-electron chi connectivity index (χ2n) is 9.04. The number of hydrogen-bond donors (Lipinski definition) is 5. The lowest BCUT2D eigenvalue weighted by Crippen LogP contribution is -2.39. The molecule has 3 aromatic rings. The van der Waals surface area contributed by atoms with Crippen molar-refractivity contribution < 1.29 is 36.7 Å². The lowest BCUT2D eigenvalue weighted by atomic mass is 10.00. The van der Waals surface area contributed by atoms with E-state index in [1.165, 1.54) is 24.3 Å². The zero-order valence-corrected chi connectivity index (χ0v) is 23.6. The van der Waals surface area contributed by atoms with Crippen LogP contribution >= 0.6 is 12.6 Å². The van der Waals surface area contributed by atoms with Crippen molar-refractivity contribution in [1.29, 1.82) is 0 Å². The highest BCUT2D eigenvalue weighted by Crippen LogP contribution is 2.31. The minimum absolute atomic E-state index is 0.0502. The van der Waals surface area contributed by atoms with Crippen LogP contribution in [-0.4, -0.2) is 56.2 Å². The summed E-state index contributed by atoms with van der Waals surface area (Å²) in [5.41, 5.74) is -0.0565. The van der Waals surface area contributed by atoms with Gasteiger partial charge < -0.3 is 15.7 Å². The summed E-state index contributed by atoms with van der Waals surface area (Å²) >= 11 is 4.17. The fraction of sp³-hybridized carbons (Fsp3) is 0.250. The second kappa shape index (κ2) is 14.2. The van der Waals surface area contributed by atoms with Crippen LogP contribution in [-0.2, 0) is 26.0 Å². The fourth-order valence-electron chi connectivity index (χ4n) is 3.88. The van der Waals surface area contributed by atoms with Gasteiger partial charge in [0, 0.05) is 24.4 Å². The maximum absolute atomic E-state index is 15.7. The molecule has 0 bridgehead atoms. The molecule has 4 N–H and O–H groups in total. The van der Waals surface area contributed by atoms with Crippen molar-refractivity contribution in [3.05, 3.63) is 89.5 Å². The maximum Gasteiger partial charge on any atom is 0.267 e. The van der Waals surface area contributed by atoms with Crippen LogP contribution in [0.2, 0.25) is 0 Å². The maximum atomic E-state index is 15.7. The van der Waals surface area contributed by atoms with Crippen molar-refractivity contribution in [2.24, 2.45) is 5.92 Å². The van der Waals surface area contributed by atoms with Crippen molar-refractivity contribution in [1.82, 2.24) is 15.4 Å². The molecule has 9 nitrogen and oxygen atoms in total. The molecule has 0 saturated heterocycles. The van der Waals surface area contributed by atoms with Gasteiger partial charge in [0.15, 0.2) is 5.82 Å². The first-order valence-electron chi connectivity index (χ1n) is 12.5.